The van der Waals surface area contributed by atoms with E-state index in [1.54, 1.807) is 6.92 Å². The molecule has 0 heterocycles. The highest BCUT2D eigenvalue weighted by Crippen LogP contribution is 2.27. The van der Waals surface area contributed by atoms with Crippen molar-refractivity contribution >= 4 is 11.8 Å². The molecule has 1 unspecified atom stereocenters. The molecule has 0 aromatic heterocycles. The smallest absolute Gasteiger partial charge is 0.334 e. The third-order valence-corrected chi connectivity index (χ3v) is 2.21. The summed E-state index contributed by atoms with van der Waals surface area (Å²) in [5.41, 5.74) is 0.550. The summed E-state index contributed by atoms with van der Waals surface area (Å²) in [7, 11) is 0. The molecule has 0 aromatic carbocycles. The summed E-state index contributed by atoms with van der Waals surface area (Å²) in [4.78, 5) is 22.4. The normalized spacial score (nSPS) is 21.5. The molecule has 1 atom stereocenters. The number of ketones is 1. The maximum atomic E-state index is 11.3. The minimum absolute atomic E-state index is 0.0369. The minimum atomic E-state index is -0.333. The molecule has 72 valence electrons. The van der Waals surface area contributed by atoms with Crippen molar-refractivity contribution in [2.45, 2.75) is 26.7 Å². The fourth-order valence-electron chi connectivity index (χ4n) is 1.51. The molecular formula is C10H14O3. The number of esters is 1. The zero-order chi connectivity index (χ0) is 9.84. The van der Waals surface area contributed by atoms with Crippen molar-refractivity contribution < 1.29 is 14.3 Å². The van der Waals surface area contributed by atoms with Gasteiger partial charge in [-0.25, -0.2) is 4.79 Å². The van der Waals surface area contributed by atoms with Gasteiger partial charge in [-0.05, 0) is 25.3 Å². The van der Waals surface area contributed by atoms with Crippen LogP contribution in [0.25, 0.3) is 0 Å². The van der Waals surface area contributed by atoms with Gasteiger partial charge >= 0.3 is 5.97 Å². The van der Waals surface area contributed by atoms with Gasteiger partial charge in [-0.2, -0.15) is 0 Å². The fraction of sp³-hybridized carbons (Fsp3) is 0.600. The second-order valence-corrected chi connectivity index (χ2v) is 3.10. The number of carbonyl (C=O) groups is 2. The molecule has 0 aliphatic heterocycles. The Morgan fingerprint density at radius 1 is 1.62 bits per heavy atom. The van der Waals surface area contributed by atoms with E-state index in [1.807, 2.05) is 6.92 Å². The number of carbonyl (C=O) groups excluding carboxylic acids is 2. The van der Waals surface area contributed by atoms with E-state index in [1.165, 1.54) is 6.08 Å². The molecule has 3 nitrogen and oxygen atoms in total. The first-order valence-electron chi connectivity index (χ1n) is 4.60. The lowest BCUT2D eigenvalue weighted by Crippen LogP contribution is -2.12. The average molecular weight is 182 g/mol. The van der Waals surface area contributed by atoms with Crippen LogP contribution in [0.4, 0.5) is 0 Å². The monoisotopic (exact) mass is 182 g/mol. The van der Waals surface area contributed by atoms with Gasteiger partial charge in [0.05, 0.1) is 6.61 Å². The Bertz CT molecular complexity index is 253. The molecular weight excluding hydrogens is 168 g/mol. The first kappa shape index (κ1) is 9.96. The Hall–Kier alpha value is -1.12. The van der Waals surface area contributed by atoms with Gasteiger partial charge < -0.3 is 4.74 Å². The summed E-state index contributed by atoms with van der Waals surface area (Å²) in [6, 6.07) is 0. The molecule has 0 saturated heterocycles. The van der Waals surface area contributed by atoms with Gasteiger partial charge in [0.1, 0.15) is 0 Å². The Kier molecular flexibility index (Phi) is 3.23. The highest BCUT2D eigenvalue weighted by molar-refractivity contribution is 6.03. The van der Waals surface area contributed by atoms with Gasteiger partial charge in [0.2, 0.25) is 0 Å². The van der Waals surface area contributed by atoms with Gasteiger partial charge in [0.25, 0.3) is 0 Å². The summed E-state index contributed by atoms with van der Waals surface area (Å²) < 4.78 is 4.85. The fourth-order valence-corrected chi connectivity index (χ4v) is 1.51. The lowest BCUT2D eigenvalue weighted by atomic mass is 9.99. The van der Waals surface area contributed by atoms with E-state index in [9.17, 15) is 9.59 Å². The number of ether oxygens (including phenoxy) is 1. The molecule has 0 fully saturated rings. The predicted molar refractivity (Wildman–Crippen MR) is 48.1 cm³/mol. The molecule has 1 rings (SSSR count). The maximum absolute atomic E-state index is 11.3. The molecule has 0 N–H and O–H groups in total. The van der Waals surface area contributed by atoms with Gasteiger partial charge in [-0.15, -0.1) is 0 Å². The first-order chi connectivity index (χ1) is 6.19. The van der Waals surface area contributed by atoms with Crippen LogP contribution in [0.15, 0.2) is 11.6 Å². The van der Waals surface area contributed by atoms with Gasteiger partial charge in [0, 0.05) is 12.0 Å². The summed E-state index contributed by atoms with van der Waals surface area (Å²) in [5, 5.41) is 0. The largest absolute Gasteiger partial charge is 0.463 e. The Morgan fingerprint density at radius 2 is 2.31 bits per heavy atom. The molecule has 0 bridgehead atoms. The van der Waals surface area contributed by atoms with Crippen molar-refractivity contribution in [1.29, 1.82) is 0 Å². The van der Waals surface area contributed by atoms with Crippen molar-refractivity contribution in [2.24, 2.45) is 5.92 Å². The van der Waals surface area contributed by atoms with Gasteiger partial charge in [-0.1, -0.05) is 6.92 Å². The molecule has 0 aromatic rings. The summed E-state index contributed by atoms with van der Waals surface area (Å²) in [5.74, 6) is -0.221. The summed E-state index contributed by atoms with van der Waals surface area (Å²) in [6.07, 6.45) is 2.70. The van der Waals surface area contributed by atoms with Crippen LogP contribution in [-0.4, -0.2) is 18.4 Å². The lowest BCUT2D eigenvalue weighted by molar-refractivity contribution is -0.139. The van der Waals surface area contributed by atoms with E-state index in [0.29, 0.717) is 18.6 Å². The Labute approximate surface area is 77.8 Å². The van der Waals surface area contributed by atoms with Crippen LogP contribution in [0.2, 0.25) is 0 Å². The third kappa shape index (κ3) is 2.17. The van der Waals surface area contributed by atoms with Crippen LogP contribution >= 0.6 is 0 Å². The molecule has 0 saturated carbocycles. The number of hydrogen-bond donors (Lipinski definition) is 0. The van der Waals surface area contributed by atoms with E-state index in [0.717, 1.165) is 6.42 Å². The molecule has 3 heteroatoms. The predicted octanol–water partition coefficient (Wildman–Crippen LogP) is 1.47. The van der Waals surface area contributed by atoms with Crippen molar-refractivity contribution in [3.63, 3.8) is 0 Å². The lowest BCUT2D eigenvalue weighted by Gasteiger charge is -2.09. The highest BCUT2D eigenvalue weighted by atomic mass is 16.5. The number of hydrogen-bond acceptors (Lipinski definition) is 3. The Balaban J connectivity index is 2.71. The summed E-state index contributed by atoms with van der Waals surface area (Å²) in [6.45, 7) is 4.09. The summed E-state index contributed by atoms with van der Waals surface area (Å²) >= 11 is 0. The van der Waals surface area contributed by atoms with E-state index in [-0.39, 0.29) is 17.7 Å². The zero-order valence-electron chi connectivity index (χ0n) is 8.00. The van der Waals surface area contributed by atoms with Crippen LogP contribution in [-0.2, 0) is 14.3 Å². The quantitative estimate of drug-likeness (QED) is 0.621. The van der Waals surface area contributed by atoms with Crippen molar-refractivity contribution in [3.05, 3.63) is 11.6 Å². The van der Waals surface area contributed by atoms with E-state index in [4.69, 9.17) is 4.74 Å². The molecule has 13 heavy (non-hydrogen) atoms. The third-order valence-electron chi connectivity index (χ3n) is 2.21. The SMILES string of the molecule is CCOC(=O)C1=CC(=O)CC1CC. The molecule has 0 radical (unpaired) electrons. The highest BCUT2D eigenvalue weighted by Gasteiger charge is 2.28. The molecule has 1 aliphatic rings. The average Bonchev–Trinajstić information content (AvgIpc) is 2.47. The second-order valence-electron chi connectivity index (χ2n) is 3.10. The number of rotatable bonds is 3. The van der Waals surface area contributed by atoms with Crippen LogP contribution in [0.3, 0.4) is 0 Å². The van der Waals surface area contributed by atoms with Gasteiger partial charge in [0.15, 0.2) is 5.78 Å². The van der Waals surface area contributed by atoms with E-state index in [2.05, 4.69) is 0 Å². The van der Waals surface area contributed by atoms with Crippen LogP contribution in [0, 0.1) is 5.92 Å². The molecule has 1 aliphatic carbocycles. The van der Waals surface area contributed by atoms with Crippen LogP contribution in [0.5, 0.6) is 0 Å². The first-order valence-corrected chi connectivity index (χ1v) is 4.60. The van der Waals surface area contributed by atoms with Crippen LogP contribution < -0.4 is 0 Å². The van der Waals surface area contributed by atoms with Gasteiger partial charge in [-0.3, -0.25) is 4.79 Å². The Morgan fingerprint density at radius 3 is 2.85 bits per heavy atom. The standard InChI is InChI=1S/C10H14O3/c1-3-7-5-8(11)6-9(7)10(12)13-4-2/h6-7H,3-5H2,1-2H3. The van der Waals surface area contributed by atoms with Crippen molar-refractivity contribution in [1.82, 2.24) is 0 Å². The van der Waals surface area contributed by atoms with Crippen LogP contribution in [0.1, 0.15) is 26.7 Å². The maximum Gasteiger partial charge on any atom is 0.334 e. The zero-order valence-corrected chi connectivity index (χ0v) is 8.00. The second kappa shape index (κ2) is 4.21. The topological polar surface area (TPSA) is 43.4 Å². The van der Waals surface area contributed by atoms with E-state index >= 15 is 0 Å². The van der Waals surface area contributed by atoms with Crippen molar-refractivity contribution in [3.8, 4) is 0 Å². The van der Waals surface area contributed by atoms with E-state index < -0.39 is 0 Å². The number of allylic oxidation sites excluding steroid dienone is 1. The molecule has 0 amide bonds. The van der Waals surface area contributed by atoms with Crippen molar-refractivity contribution in [2.75, 3.05) is 6.61 Å². The minimum Gasteiger partial charge on any atom is -0.463 e. The molecule has 0 spiro atoms.